The van der Waals surface area contributed by atoms with Crippen LogP contribution in [0.5, 0.6) is 0 Å². The third-order valence-corrected chi connectivity index (χ3v) is 3.46. The summed E-state index contributed by atoms with van der Waals surface area (Å²) in [5.74, 6) is 7.06. The molecule has 0 spiro atoms. The van der Waals surface area contributed by atoms with E-state index in [1.165, 1.54) is 5.69 Å². The van der Waals surface area contributed by atoms with E-state index in [4.69, 9.17) is 4.42 Å². The highest BCUT2D eigenvalue weighted by atomic mass is 16.3. The Morgan fingerprint density at radius 2 is 1.67 bits per heavy atom. The molecule has 0 aliphatic rings. The zero-order valence-corrected chi connectivity index (χ0v) is 13.7. The molecule has 3 heteroatoms. The van der Waals surface area contributed by atoms with Gasteiger partial charge in [-0.1, -0.05) is 42.3 Å². The molecule has 3 rings (SSSR count). The quantitative estimate of drug-likeness (QED) is 0.675. The Hall–Kier alpha value is -3.25. The largest absolute Gasteiger partial charge is 0.431 e. The molecule has 0 unspecified atom stereocenters. The molecule has 0 saturated heterocycles. The first-order valence-electron chi connectivity index (χ1n) is 7.69. The highest BCUT2D eigenvalue weighted by molar-refractivity contribution is 5.68. The second-order valence-corrected chi connectivity index (χ2v) is 5.50. The van der Waals surface area contributed by atoms with Gasteiger partial charge in [-0.25, -0.2) is 4.98 Å². The molecule has 118 valence electrons. The van der Waals surface area contributed by atoms with Crippen molar-refractivity contribution in [1.82, 2.24) is 4.98 Å². The Kier molecular flexibility index (Phi) is 4.78. The lowest BCUT2D eigenvalue weighted by Gasteiger charge is -2.11. The average Bonchev–Trinajstić information content (AvgIpc) is 3.07. The summed E-state index contributed by atoms with van der Waals surface area (Å²) in [5, 5.41) is 0. The minimum Gasteiger partial charge on any atom is -0.431 e. The van der Waals surface area contributed by atoms with E-state index in [0.29, 0.717) is 11.7 Å². The van der Waals surface area contributed by atoms with Crippen LogP contribution in [-0.2, 0) is 0 Å². The lowest BCUT2D eigenvalue weighted by molar-refractivity contribution is 0.534. The van der Waals surface area contributed by atoms with Crippen molar-refractivity contribution in [1.29, 1.82) is 0 Å². The van der Waals surface area contributed by atoms with Gasteiger partial charge in [0.15, 0.2) is 0 Å². The molecule has 0 amide bonds. The van der Waals surface area contributed by atoms with Crippen LogP contribution in [0.1, 0.15) is 22.8 Å². The van der Waals surface area contributed by atoms with Crippen molar-refractivity contribution in [2.75, 3.05) is 19.0 Å². The monoisotopic (exact) mass is 314 g/mol. The molecule has 0 fully saturated rings. The predicted octanol–water partition coefficient (Wildman–Crippen LogP) is 4.31. The van der Waals surface area contributed by atoms with Gasteiger partial charge >= 0.3 is 0 Å². The zero-order chi connectivity index (χ0) is 16.8. The van der Waals surface area contributed by atoms with Gasteiger partial charge < -0.3 is 9.32 Å². The van der Waals surface area contributed by atoms with E-state index in [1.54, 1.807) is 6.20 Å². The normalized spacial score (nSPS) is 10.4. The molecule has 3 aromatic rings. The zero-order valence-electron chi connectivity index (χ0n) is 13.7. The van der Waals surface area contributed by atoms with Gasteiger partial charge in [0.05, 0.1) is 6.20 Å². The summed E-state index contributed by atoms with van der Waals surface area (Å²) < 4.78 is 5.61. The summed E-state index contributed by atoms with van der Waals surface area (Å²) in [5.41, 5.74) is 3.22. The number of anilines is 1. The molecule has 0 aliphatic heterocycles. The fraction of sp³-hybridized carbons (Fsp3) is 0.0952. The molecule has 0 atom stereocenters. The number of aromatic nitrogens is 1. The average molecular weight is 314 g/mol. The Morgan fingerprint density at radius 1 is 0.917 bits per heavy atom. The van der Waals surface area contributed by atoms with Gasteiger partial charge in [0.2, 0.25) is 0 Å². The van der Waals surface area contributed by atoms with E-state index < -0.39 is 0 Å². The Bertz CT molecular complexity index is 879. The van der Waals surface area contributed by atoms with Gasteiger partial charge in [-0.2, -0.15) is 0 Å². The molecule has 0 radical (unpaired) electrons. The van der Waals surface area contributed by atoms with Crippen molar-refractivity contribution in [3.05, 3.63) is 83.6 Å². The van der Waals surface area contributed by atoms with Gasteiger partial charge in [-0.3, -0.25) is 0 Å². The number of rotatable bonds is 3. The third-order valence-electron chi connectivity index (χ3n) is 3.46. The minimum atomic E-state index is 0.418. The standard InChI is InChI=1S/C21H18N2O/c1-23(2)19-12-8-18(9-13-19)10-14-20-16-22-21(24-20)15-11-17-6-4-3-5-7-17/h3-10,12-14,16H,1-2H3/b14-10+. The van der Waals surface area contributed by atoms with Gasteiger partial charge in [0.25, 0.3) is 5.89 Å². The van der Waals surface area contributed by atoms with Crippen molar-refractivity contribution in [2.24, 2.45) is 0 Å². The SMILES string of the molecule is CN(C)c1ccc(/C=C/c2cnc(C#Cc3ccccc3)o2)cc1. The first-order chi connectivity index (χ1) is 11.7. The van der Waals surface area contributed by atoms with Crippen LogP contribution in [0.4, 0.5) is 5.69 Å². The van der Waals surface area contributed by atoms with E-state index >= 15 is 0 Å². The maximum absolute atomic E-state index is 5.61. The second-order valence-electron chi connectivity index (χ2n) is 5.50. The van der Waals surface area contributed by atoms with Crippen LogP contribution in [0.2, 0.25) is 0 Å². The van der Waals surface area contributed by atoms with Crippen LogP contribution in [0, 0.1) is 11.8 Å². The predicted molar refractivity (Wildman–Crippen MR) is 98.6 cm³/mol. The van der Waals surface area contributed by atoms with Crippen LogP contribution in [0.25, 0.3) is 12.2 Å². The third kappa shape index (κ3) is 4.15. The van der Waals surface area contributed by atoms with Gasteiger partial charge in [0, 0.05) is 25.3 Å². The highest BCUT2D eigenvalue weighted by Crippen LogP contribution is 2.15. The molecule has 24 heavy (non-hydrogen) atoms. The molecule has 0 N–H and O–H groups in total. The second kappa shape index (κ2) is 7.34. The van der Waals surface area contributed by atoms with Gasteiger partial charge in [-0.05, 0) is 41.8 Å². The lowest BCUT2D eigenvalue weighted by atomic mass is 10.2. The lowest BCUT2D eigenvalue weighted by Crippen LogP contribution is -2.07. The number of oxazole rings is 1. The maximum Gasteiger partial charge on any atom is 0.274 e. The molecule has 2 aromatic carbocycles. The van der Waals surface area contributed by atoms with Crippen LogP contribution in [0.3, 0.4) is 0 Å². The van der Waals surface area contributed by atoms with E-state index in [-0.39, 0.29) is 0 Å². The molecule has 1 aromatic heterocycles. The molecule has 0 aliphatic carbocycles. The van der Waals surface area contributed by atoms with E-state index in [0.717, 1.165) is 11.1 Å². The van der Waals surface area contributed by atoms with Crippen molar-refractivity contribution in [3.8, 4) is 11.8 Å². The number of benzene rings is 2. The van der Waals surface area contributed by atoms with Crippen molar-refractivity contribution in [3.63, 3.8) is 0 Å². The molecule has 0 saturated carbocycles. The maximum atomic E-state index is 5.61. The van der Waals surface area contributed by atoms with Crippen molar-refractivity contribution >= 4 is 17.8 Å². The molecular weight excluding hydrogens is 296 g/mol. The van der Waals surface area contributed by atoms with E-state index in [9.17, 15) is 0 Å². The van der Waals surface area contributed by atoms with E-state index in [2.05, 4.69) is 46.0 Å². The number of hydrogen-bond donors (Lipinski definition) is 0. The summed E-state index contributed by atoms with van der Waals surface area (Å²) in [6, 6.07) is 18.1. The smallest absolute Gasteiger partial charge is 0.274 e. The summed E-state index contributed by atoms with van der Waals surface area (Å²) in [6.45, 7) is 0. The molecule has 0 bridgehead atoms. The number of nitrogens with zero attached hydrogens (tertiary/aromatic N) is 2. The van der Waals surface area contributed by atoms with Gasteiger partial charge in [-0.15, -0.1) is 0 Å². The molecule has 1 heterocycles. The fourth-order valence-corrected chi connectivity index (χ4v) is 2.13. The topological polar surface area (TPSA) is 29.3 Å². The minimum absolute atomic E-state index is 0.418. The summed E-state index contributed by atoms with van der Waals surface area (Å²) in [6.07, 6.45) is 5.57. The van der Waals surface area contributed by atoms with Crippen molar-refractivity contribution < 1.29 is 4.42 Å². The Labute approximate surface area is 142 Å². The first-order valence-corrected chi connectivity index (χ1v) is 7.69. The summed E-state index contributed by atoms with van der Waals surface area (Å²) in [7, 11) is 4.05. The molecular formula is C21H18N2O. The Morgan fingerprint density at radius 3 is 2.38 bits per heavy atom. The fourth-order valence-electron chi connectivity index (χ4n) is 2.13. The van der Waals surface area contributed by atoms with Crippen LogP contribution < -0.4 is 4.90 Å². The van der Waals surface area contributed by atoms with Gasteiger partial charge in [0.1, 0.15) is 5.76 Å². The highest BCUT2D eigenvalue weighted by Gasteiger charge is 1.98. The van der Waals surface area contributed by atoms with Crippen LogP contribution in [0.15, 0.2) is 65.2 Å². The number of hydrogen-bond acceptors (Lipinski definition) is 3. The summed E-state index contributed by atoms with van der Waals surface area (Å²) in [4.78, 5) is 6.25. The Balaban J connectivity index is 1.68. The van der Waals surface area contributed by atoms with Crippen molar-refractivity contribution in [2.45, 2.75) is 0 Å². The first kappa shape index (κ1) is 15.6. The molecule has 3 nitrogen and oxygen atoms in total. The van der Waals surface area contributed by atoms with E-state index in [1.807, 2.05) is 56.6 Å². The van der Waals surface area contributed by atoms with Crippen LogP contribution in [-0.4, -0.2) is 19.1 Å². The van der Waals surface area contributed by atoms with Crippen LogP contribution >= 0.6 is 0 Å². The summed E-state index contributed by atoms with van der Waals surface area (Å²) >= 11 is 0.